The van der Waals surface area contributed by atoms with E-state index in [0.717, 1.165) is 30.4 Å². The highest BCUT2D eigenvalue weighted by molar-refractivity contribution is 7.98. The minimum absolute atomic E-state index is 0.396. The van der Waals surface area contributed by atoms with E-state index >= 15 is 0 Å². The lowest BCUT2D eigenvalue weighted by Gasteiger charge is -2.15. The first kappa shape index (κ1) is 16.0. The molecule has 6 heteroatoms. The summed E-state index contributed by atoms with van der Waals surface area (Å²) in [6.07, 6.45) is 3.23. The lowest BCUT2D eigenvalue weighted by molar-refractivity contribution is 0.178. The summed E-state index contributed by atoms with van der Waals surface area (Å²) in [7, 11) is 1.65. The fourth-order valence-electron chi connectivity index (χ4n) is 1.66. The summed E-state index contributed by atoms with van der Waals surface area (Å²) in [6, 6.07) is 2.34. The maximum Gasteiger partial charge on any atom is 0.158 e. The number of aromatic nitrogens is 2. The summed E-state index contributed by atoms with van der Waals surface area (Å²) < 4.78 is 5.10. The van der Waals surface area contributed by atoms with Crippen molar-refractivity contribution < 1.29 is 4.74 Å². The standard InChI is InChI=1S/C13H24N4OS/c1-5-14-11-8-12(15-10(2)6-7-19-4)17-13(16-11)9-18-3/h8,10H,5-7,9H2,1-4H3,(H2,14,15,16,17). The van der Waals surface area contributed by atoms with E-state index in [1.165, 1.54) is 0 Å². The van der Waals surface area contributed by atoms with Crippen molar-refractivity contribution in [1.29, 1.82) is 0 Å². The maximum atomic E-state index is 5.10. The average molecular weight is 284 g/mol. The highest BCUT2D eigenvalue weighted by Gasteiger charge is 2.07. The summed E-state index contributed by atoms with van der Waals surface area (Å²) >= 11 is 1.86. The average Bonchev–Trinajstić information content (AvgIpc) is 2.37. The molecule has 0 amide bonds. The zero-order valence-electron chi connectivity index (χ0n) is 12.2. The molecule has 0 spiro atoms. The molecule has 1 aromatic rings. The molecule has 0 saturated carbocycles. The summed E-state index contributed by atoms with van der Waals surface area (Å²) in [4.78, 5) is 8.85. The van der Waals surface area contributed by atoms with Crippen LogP contribution >= 0.6 is 11.8 Å². The van der Waals surface area contributed by atoms with Gasteiger partial charge in [-0.25, -0.2) is 9.97 Å². The van der Waals surface area contributed by atoms with E-state index in [9.17, 15) is 0 Å². The first-order chi connectivity index (χ1) is 9.19. The van der Waals surface area contributed by atoms with E-state index in [-0.39, 0.29) is 0 Å². The second-order valence-corrected chi connectivity index (χ2v) is 5.33. The van der Waals surface area contributed by atoms with E-state index in [0.29, 0.717) is 18.5 Å². The topological polar surface area (TPSA) is 59.1 Å². The van der Waals surface area contributed by atoms with Crippen molar-refractivity contribution in [3.63, 3.8) is 0 Å². The monoisotopic (exact) mass is 284 g/mol. The van der Waals surface area contributed by atoms with Gasteiger partial charge in [0, 0.05) is 25.8 Å². The molecule has 108 valence electrons. The van der Waals surface area contributed by atoms with Gasteiger partial charge >= 0.3 is 0 Å². The Balaban J connectivity index is 2.74. The number of methoxy groups -OCH3 is 1. The third-order valence-electron chi connectivity index (χ3n) is 2.55. The van der Waals surface area contributed by atoms with Gasteiger partial charge in [0.25, 0.3) is 0 Å². The number of nitrogens with one attached hydrogen (secondary N) is 2. The third kappa shape index (κ3) is 6.11. The van der Waals surface area contributed by atoms with Crippen LogP contribution in [0, 0.1) is 0 Å². The van der Waals surface area contributed by atoms with Crippen molar-refractivity contribution in [2.75, 3.05) is 36.3 Å². The number of thioether (sulfide) groups is 1. The maximum absolute atomic E-state index is 5.10. The Bertz CT molecular complexity index is 351. The quantitative estimate of drug-likeness (QED) is 0.727. The lowest BCUT2D eigenvalue weighted by atomic mass is 10.2. The summed E-state index contributed by atoms with van der Waals surface area (Å²) in [5.41, 5.74) is 0. The predicted octanol–water partition coefficient (Wildman–Crippen LogP) is 2.61. The Morgan fingerprint density at radius 2 is 2.11 bits per heavy atom. The minimum Gasteiger partial charge on any atom is -0.377 e. The van der Waals surface area contributed by atoms with Gasteiger partial charge in [-0.15, -0.1) is 0 Å². The molecular formula is C13H24N4OS. The van der Waals surface area contributed by atoms with Crippen molar-refractivity contribution in [3.8, 4) is 0 Å². The zero-order chi connectivity index (χ0) is 14.1. The van der Waals surface area contributed by atoms with Crippen molar-refractivity contribution in [1.82, 2.24) is 9.97 Å². The van der Waals surface area contributed by atoms with Crippen molar-refractivity contribution in [2.24, 2.45) is 0 Å². The molecule has 1 atom stereocenters. The van der Waals surface area contributed by atoms with Crippen LogP contribution in [-0.4, -0.2) is 41.7 Å². The normalized spacial score (nSPS) is 12.2. The Hall–Kier alpha value is -1.01. The van der Waals surface area contributed by atoms with E-state index in [2.05, 4.69) is 33.8 Å². The molecule has 0 radical (unpaired) electrons. The number of rotatable bonds is 9. The number of hydrogen-bond acceptors (Lipinski definition) is 6. The zero-order valence-corrected chi connectivity index (χ0v) is 13.0. The fourth-order valence-corrected chi connectivity index (χ4v) is 2.24. The van der Waals surface area contributed by atoms with E-state index in [1.807, 2.05) is 24.8 Å². The summed E-state index contributed by atoms with van der Waals surface area (Å²) in [5.74, 6) is 3.53. The van der Waals surface area contributed by atoms with E-state index in [4.69, 9.17) is 4.74 Å². The molecule has 0 bridgehead atoms. The van der Waals surface area contributed by atoms with Gasteiger partial charge in [0.2, 0.25) is 0 Å². The molecular weight excluding hydrogens is 260 g/mol. The second-order valence-electron chi connectivity index (χ2n) is 4.34. The Labute approximate surface area is 119 Å². The molecule has 1 rings (SSSR count). The van der Waals surface area contributed by atoms with Crippen molar-refractivity contribution in [2.45, 2.75) is 32.9 Å². The Kier molecular flexibility index (Phi) is 7.59. The first-order valence-electron chi connectivity index (χ1n) is 6.55. The molecule has 5 nitrogen and oxygen atoms in total. The van der Waals surface area contributed by atoms with E-state index < -0.39 is 0 Å². The van der Waals surface area contributed by atoms with Crippen LogP contribution in [0.15, 0.2) is 6.07 Å². The molecule has 1 aromatic heterocycles. The van der Waals surface area contributed by atoms with Gasteiger partial charge in [-0.2, -0.15) is 11.8 Å². The predicted molar refractivity (Wildman–Crippen MR) is 83.0 cm³/mol. The number of nitrogens with zero attached hydrogens (tertiary/aromatic N) is 2. The van der Waals surface area contributed by atoms with Crippen LogP contribution in [0.25, 0.3) is 0 Å². The summed E-state index contributed by atoms with van der Waals surface area (Å²) in [5, 5.41) is 6.63. The lowest BCUT2D eigenvalue weighted by Crippen LogP contribution is -2.18. The summed E-state index contributed by atoms with van der Waals surface area (Å²) in [6.45, 7) is 5.48. The number of ether oxygens (including phenoxy) is 1. The van der Waals surface area contributed by atoms with Crippen molar-refractivity contribution in [3.05, 3.63) is 11.9 Å². The SMILES string of the molecule is CCNc1cc(NC(C)CCSC)nc(COC)n1. The van der Waals surface area contributed by atoms with E-state index in [1.54, 1.807) is 7.11 Å². The van der Waals surface area contributed by atoms with Crippen LogP contribution in [0.2, 0.25) is 0 Å². The molecule has 0 fully saturated rings. The van der Waals surface area contributed by atoms with Crippen LogP contribution in [0.1, 0.15) is 26.1 Å². The first-order valence-corrected chi connectivity index (χ1v) is 7.95. The van der Waals surface area contributed by atoms with Crippen molar-refractivity contribution >= 4 is 23.4 Å². The fraction of sp³-hybridized carbons (Fsp3) is 0.692. The van der Waals surface area contributed by atoms with Crippen LogP contribution in [0.3, 0.4) is 0 Å². The molecule has 2 N–H and O–H groups in total. The molecule has 0 aliphatic heterocycles. The van der Waals surface area contributed by atoms with Gasteiger partial charge in [0.05, 0.1) is 0 Å². The van der Waals surface area contributed by atoms with Crippen LogP contribution < -0.4 is 10.6 Å². The van der Waals surface area contributed by atoms with Gasteiger partial charge < -0.3 is 15.4 Å². The van der Waals surface area contributed by atoms with Gasteiger partial charge in [-0.3, -0.25) is 0 Å². The number of hydrogen-bond donors (Lipinski definition) is 2. The molecule has 0 aromatic carbocycles. The smallest absolute Gasteiger partial charge is 0.158 e. The molecule has 0 saturated heterocycles. The van der Waals surface area contributed by atoms with Gasteiger partial charge in [0.1, 0.15) is 18.2 Å². The molecule has 0 aliphatic carbocycles. The highest BCUT2D eigenvalue weighted by atomic mass is 32.2. The van der Waals surface area contributed by atoms with Gasteiger partial charge in [0.15, 0.2) is 5.82 Å². The van der Waals surface area contributed by atoms with Crippen LogP contribution in [-0.2, 0) is 11.3 Å². The Morgan fingerprint density at radius 3 is 2.74 bits per heavy atom. The minimum atomic E-state index is 0.396. The number of anilines is 2. The second kappa shape index (κ2) is 8.98. The third-order valence-corrected chi connectivity index (χ3v) is 3.20. The molecule has 1 unspecified atom stereocenters. The largest absolute Gasteiger partial charge is 0.377 e. The van der Waals surface area contributed by atoms with Gasteiger partial charge in [-0.1, -0.05) is 0 Å². The molecule has 1 heterocycles. The highest BCUT2D eigenvalue weighted by Crippen LogP contribution is 2.14. The molecule has 19 heavy (non-hydrogen) atoms. The van der Waals surface area contributed by atoms with Gasteiger partial charge in [-0.05, 0) is 32.3 Å². The Morgan fingerprint density at radius 1 is 1.37 bits per heavy atom. The van der Waals surface area contributed by atoms with Crippen LogP contribution in [0.5, 0.6) is 0 Å². The molecule has 0 aliphatic rings. The van der Waals surface area contributed by atoms with Crippen LogP contribution in [0.4, 0.5) is 11.6 Å².